The number of carbonyl (C=O) groups is 2. The highest BCUT2D eigenvalue weighted by molar-refractivity contribution is 5.97. The minimum absolute atomic E-state index is 0.448. The number of nitrogens with one attached hydrogen (secondary N) is 1. The third-order valence-corrected chi connectivity index (χ3v) is 2.55. The summed E-state index contributed by atoms with van der Waals surface area (Å²) >= 11 is 0. The standard InChI is InChI=1S/C14H21N3O3/c1-9(13(19)20-14(2,3)4)11(15)12(18)17-10-6-5-7-16-8-10/h5-9,11H,15H2,1-4H3,(H,17,18)/t9-,11?/m0/s1. The predicted octanol–water partition coefficient (Wildman–Crippen LogP) is 1.33. The van der Waals surface area contributed by atoms with Gasteiger partial charge < -0.3 is 15.8 Å². The smallest absolute Gasteiger partial charge is 0.311 e. The summed E-state index contributed by atoms with van der Waals surface area (Å²) < 4.78 is 5.21. The van der Waals surface area contributed by atoms with E-state index in [0.29, 0.717) is 5.69 Å². The average Bonchev–Trinajstić information content (AvgIpc) is 2.36. The minimum atomic E-state index is -0.981. The average molecular weight is 279 g/mol. The first kappa shape index (κ1) is 16.1. The zero-order valence-corrected chi connectivity index (χ0v) is 12.2. The fraction of sp³-hybridized carbons (Fsp3) is 0.500. The quantitative estimate of drug-likeness (QED) is 0.811. The molecule has 0 aliphatic carbocycles. The van der Waals surface area contributed by atoms with Crippen LogP contribution in [0.1, 0.15) is 27.7 Å². The Bertz CT molecular complexity index is 468. The van der Waals surface area contributed by atoms with Crippen molar-refractivity contribution in [2.45, 2.75) is 39.3 Å². The largest absolute Gasteiger partial charge is 0.460 e. The van der Waals surface area contributed by atoms with E-state index in [1.54, 1.807) is 46.0 Å². The van der Waals surface area contributed by atoms with Crippen molar-refractivity contribution in [2.24, 2.45) is 11.7 Å². The molecule has 0 spiro atoms. The van der Waals surface area contributed by atoms with E-state index >= 15 is 0 Å². The number of carbonyl (C=O) groups excluding carboxylic acids is 2. The third kappa shape index (κ3) is 4.97. The number of anilines is 1. The van der Waals surface area contributed by atoms with Crippen LogP contribution in [-0.4, -0.2) is 28.5 Å². The number of pyridine rings is 1. The molecule has 1 aromatic rings. The van der Waals surface area contributed by atoms with Crippen LogP contribution in [0, 0.1) is 5.92 Å². The van der Waals surface area contributed by atoms with Gasteiger partial charge in [-0.3, -0.25) is 14.6 Å². The highest BCUT2D eigenvalue weighted by atomic mass is 16.6. The fourth-order valence-corrected chi connectivity index (χ4v) is 1.43. The van der Waals surface area contributed by atoms with Gasteiger partial charge in [0.25, 0.3) is 0 Å². The van der Waals surface area contributed by atoms with Crippen LogP contribution in [0.15, 0.2) is 24.5 Å². The highest BCUT2D eigenvalue weighted by Gasteiger charge is 2.30. The van der Waals surface area contributed by atoms with Gasteiger partial charge in [0.15, 0.2) is 0 Å². The number of rotatable bonds is 4. The first-order valence-corrected chi connectivity index (χ1v) is 6.40. The number of esters is 1. The molecule has 0 aliphatic rings. The summed E-state index contributed by atoms with van der Waals surface area (Å²) in [6.45, 7) is 6.86. The maximum Gasteiger partial charge on any atom is 0.311 e. The molecule has 0 fully saturated rings. The van der Waals surface area contributed by atoms with Gasteiger partial charge in [-0.15, -0.1) is 0 Å². The SMILES string of the molecule is C[C@H](C(=O)OC(C)(C)C)C(N)C(=O)Nc1cccnc1. The minimum Gasteiger partial charge on any atom is -0.460 e. The summed E-state index contributed by atoms with van der Waals surface area (Å²) in [5.41, 5.74) is 5.72. The molecule has 0 saturated carbocycles. The predicted molar refractivity (Wildman–Crippen MR) is 75.9 cm³/mol. The third-order valence-electron chi connectivity index (χ3n) is 2.55. The lowest BCUT2D eigenvalue weighted by molar-refractivity contribution is -0.160. The van der Waals surface area contributed by atoms with E-state index in [-0.39, 0.29) is 0 Å². The molecule has 0 radical (unpaired) electrons. The maximum atomic E-state index is 12.0. The van der Waals surface area contributed by atoms with Crippen molar-refractivity contribution in [3.8, 4) is 0 Å². The Morgan fingerprint density at radius 2 is 2.05 bits per heavy atom. The second-order valence-corrected chi connectivity index (χ2v) is 5.58. The van der Waals surface area contributed by atoms with Gasteiger partial charge in [-0.2, -0.15) is 0 Å². The van der Waals surface area contributed by atoms with E-state index in [2.05, 4.69) is 10.3 Å². The van der Waals surface area contributed by atoms with Crippen LogP contribution in [0.4, 0.5) is 5.69 Å². The summed E-state index contributed by atoms with van der Waals surface area (Å²) in [6, 6.07) is 2.40. The lowest BCUT2D eigenvalue weighted by Gasteiger charge is -2.24. The van der Waals surface area contributed by atoms with Crippen LogP contribution in [0.5, 0.6) is 0 Å². The number of amides is 1. The molecule has 20 heavy (non-hydrogen) atoms. The summed E-state index contributed by atoms with van der Waals surface area (Å²) in [6.07, 6.45) is 3.10. The molecule has 6 heteroatoms. The van der Waals surface area contributed by atoms with Crippen molar-refractivity contribution in [3.05, 3.63) is 24.5 Å². The first-order valence-electron chi connectivity index (χ1n) is 6.40. The van der Waals surface area contributed by atoms with Crippen molar-refractivity contribution in [1.29, 1.82) is 0 Å². The van der Waals surface area contributed by atoms with Gasteiger partial charge in [-0.1, -0.05) is 0 Å². The zero-order chi connectivity index (χ0) is 15.3. The molecule has 1 rings (SSSR count). The van der Waals surface area contributed by atoms with Gasteiger partial charge in [0.2, 0.25) is 5.91 Å². The molecule has 1 unspecified atom stereocenters. The highest BCUT2D eigenvalue weighted by Crippen LogP contribution is 2.14. The summed E-state index contributed by atoms with van der Waals surface area (Å²) in [4.78, 5) is 27.7. The molecule has 1 heterocycles. The number of hydrogen-bond acceptors (Lipinski definition) is 5. The lowest BCUT2D eigenvalue weighted by Crippen LogP contribution is -2.45. The molecular formula is C14H21N3O3. The molecule has 1 amide bonds. The summed E-state index contributed by atoms with van der Waals surface area (Å²) in [5.74, 6) is -1.67. The Labute approximate surface area is 118 Å². The van der Waals surface area contributed by atoms with Crippen LogP contribution in [0.25, 0.3) is 0 Å². The van der Waals surface area contributed by atoms with Crippen molar-refractivity contribution in [1.82, 2.24) is 4.98 Å². The second kappa shape index (κ2) is 6.47. The fourth-order valence-electron chi connectivity index (χ4n) is 1.43. The Balaban J connectivity index is 2.62. The van der Waals surface area contributed by atoms with Gasteiger partial charge in [-0.25, -0.2) is 0 Å². The van der Waals surface area contributed by atoms with Crippen molar-refractivity contribution < 1.29 is 14.3 Å². The van der Waals surface area contributed by atoms with Crippen molar-refractivity contribution >= 4 is 17.6 Å². The summed E-state index contributed by atoms with van der Waals surface area (Å²) in [7, 11) is 0. The topological polar surface area (TPSA) is 94.3 Å². The van der Waals surface area contributed by atoms with Crippen LogP contribution in [-0.2, 0) is 14.3 Å². The molecule has 0 aromatic carbocycles. The Morgan fingerprint density at radius 1 is 1.40 bits per heavy atom. The van der Waals surface area contributed by atoms with Gasteiger partial charge in [-0.05, 0) is 39.8 Å². The number of ether oxygens (including phenoxy) is 1. The first-order chi connectivity index (χ1) is 9.20. The lowest BCUT2D eigenvalue weighted by atomic mass is 10.0. The maximum absolute atomic E-state index is 12.0. The number of nitrogens with two attached hydrogens (primary N) is 1. The number of hydrogen-bond donors (Lipinski definition) is 2. The molecule has 3 N–H and O–H groups in total. The van der Waals surface area contributed by atoms with Crippen LogP contribution < -0.4 is 11.1 Å². The van der Waals surface area contributed by atoms with Crippen LogP contribution >= 0.6 is 0 Å². The molecule has 0 aliphatic heterocycles. The van der Waals surface area contributed by atoms with Gasteiger partial charge >= 0.3 is 5.97 Å². The van der Waals surface area contributed by atoms with Crippen LogP contribution in [0.3, 0.4) is 0 Å². The Hall–Kier alpha value is -1.95. The van der Waals surface area contributed by atoms with Gasteiger partial charge in [0.1, 0.15) is 5.60 Å². The van der Waals surface area contributed by atoms with E-state index in [0.717, 1.165) is 0 Å². The van der Waals surface area contributed by atoms with Gasteiger partial charge in [0.05, 0.1) is 23.8 Å². The molecule has 0 bridgehead atoms. The monoisotopic (exact) mass is 279 g/mol. The molecule has 6 nitrogen and oxygen atoms in total. The summed E-state index contributed by atoms with van der Waals surface area (Å²) in [5, 5.41) is 2.61. The molecule has 2 atom stereocenters. The Morgan fingerprint density at radius 3 is 2.55 bits per heavy atom. The van der Waals surface area contributed by atoms with E-state index in [9.17, 15) is 9.59 Å². The zero-order valence-electron chi connectivity index (χ0n) is 12.2. The van der Waals surface area contributed by atoms with Crippen molar-refractivity contribution in [2.75, 3.05) is 5.32 Å². The van der Waals surface area contributed by atoms with E-state index in [1.807, 2.05) is 0 Å². The number of nitrogens with zero attached hydrogens (tertiary/aromatic N) is 1. The second-order valence-electron chi connectivity index (χ2n) is 5.58. The normalized spacial score (nSPS) is 14.2. The molecular weight excluding hydrogens is 258 g/mol. The van der Waals surface area contributed by atoms with Gasteiger partial charge in [0, 0.05) is 6.20 Å². The molecule has 0 saturated heterocycles. The number of aromatic nitrogens is 1. The Kier molecular flexibility index (Phi) is 5.21. The molecule has 1 aromatic heterocycles. The molecule has 110 valence electrons. The van der Waals surface area contributed by atoms with E-state index in [1.165, 1.54) is 6.20 Å². The van der Waals surface area contributed by atoms with E-state index < -0.39 is 29.4 Å². The van der Waals surface area contributed by atoms with Crippen molar-refractivity contribution in [3.63, 3.8) is 0 Å². The van der Waals surface area contributed by atoms with Crippen LogP contribution in [0.2, 0.25) is 0 Å². The van der Waals surface area contributed by atoms with E-state index in [4.69, 9.17) is 10.5 Å².